The highest BCUT2D eigenvalue weighted by molar-refractivity contribution is 5.85. The van der Waals surface area contributed by atoms with Crippen LogP contribution < -0.4 is 9.47 Å². The number of fused-ring (bicyclic) bond motifs is 1. The van der Waals surface area contributed by atoms with Gasteiger partial charge in [0.2, 0.25) is 0 Å². The quantitative estimate of drug-likeness (QED) is 0.568. The van der Waals surface area contributed by atoms with Crippen LogP contribution in [0.1, 0.15) is 43.4 Å². The zero-order chi connectivity index (χ0) is 20.0. The maximum atomic E-state index is 6.58. The van der Waals surface area contributed by atoms with Crippen LogP contribution in [0.25, 0.3) is 0 Å². The lowest BCUT2D eigenvalue weighted by Gasteiger charge is -2.40. The van der Waals surface area contributed by atoms with Crippen LogP contribution >= 0.6 is 12.4 Å². The van der Waals surface area contributed by atoms with E-state index < -0.39 is 5.60 Å². The van der Waals surface area contributed by atoms with Crippen molar-refractivity contribution in [1.29, 1.82) is 0 Å². The van der Waals surface area contributed by atoms with E-state index in [2.05, 4.69) is 61.5 Å². The van der Waals surface area contributed by atoms with Crippen molar-refractivity contribution in [2.45, 2.75) is 38.7 Å². The van der Waals surface area contributed by atoms with Crippen LogP contribution in [0, 0.1) is 0 Å². The van der Waals surface area contributed by atoms with Gasteiger partial charge in [0.15, 0.2) is 11.5 Å². The molecule has 1 aliphatic heterocycles. The van der Waals surface area contributed by atoms with Crippen molar-refractivity contribution in [2.75, 3.05) is 40.5 Å². The molecule has 0 aliphatic carbocycles. The number of hydrogen-bond acceptors (Lipinski definition) is 4. The minimum absolute atomic E-state index is 0. The summed E-state index contributed by atoms with van der Waals surface area (Å²) in [7, 11) is 4.23. The number of hydrogen-bond donors (Lipinski definition) is 0. The van der Waals surface area contributed by atoms with Crippen molar-refractivity contribution in [2.24, 2.45) is 0 Å². The standard InChI is InChI=1S/C24H33NO3.ClH/c1-5-26-22-17-19-13-16-28-24(14-10-15-25(3)4,20-11-8-7-9-12-20)21(19)18-23(22)27-6-2;/h7-9,11-12,17-18H,5-6,10,13-16H2,1-4H3;1H. The Balaban J connectivity index is 0.00000300. The van der Waals surface area contributed by atoms with Gasteiger partial charge in [-0.2, -0.15) is 0 Å². The molecule has 5 heteroatoms. The third kappa shape index (κ3) is 5.25. The van der Waals surface area contributed by atoms with E-state index in [0.29, 0.717) is 19.8 Å². The fourth-order valence-corrected chi connectivity index (χ4v) is 4.08. The van der Waals surface area contributed by atoms with Crippen LogP contribution in [0.3, 0.4) is 0 Å². The first kappa shape index (κ1) is 23.5. The molecular weight excluding hydrogens is 386 g/mol. The van der Waals surface area contributed by atoms with Crippen LogP contribution in [0.5, 0.6) is 11.5 Å². The fraction of sp³-hybridized carbons (Fsp3) is 0.500. The van der Waals surface area contributed by atoms with Crippen molar-refractivity contribution >= 4 is 12.4 Å². The average molecular weight is 420 g/mol. The van der Waals surface area contributed by atoms with Crippen LogP contribution in [-0.2, 0) is 16.8 Å². The Morgan fingerprint density at radius 2 is 1.66 bits per heavy atom. The summed E-state index contributed by atoms with van der Waals surface area (Å²) in [5, 5.41) is 0. The molecule has 0 fully saturated rings. The highest BCUT2D eigenvalue weighted by atomic mass is 35.5. The molecule has 1 heterocycles. The van der Waals surface area contributed by atoms with E-state index in [9.17, 15) is 0 Å². The van der Waals surface area contributed by atoms with Crippen LogP contribution in [-0.4, -0.2) is 45.4 Å². The highest BCUT2D eigenvalue weighted by Crippen LogP contribution is 2.46. The summed E-state index contributed by atoms with van der Waals surface area (Å²) in [5.74, 6) is 1.64. The van der Waals surface area contributed by atoms with E-state index >= 15 is 0 Å². The number of ether oxygens (including phenoxy) is 3. The van der Waals surface area contributed by atoms with Gasteiger partial charge in [-0.3, -0.25) is 0 Å². The second kappa shape index (κ2) is 10.9. The Labute approximate surface area is 181 Å². The molecule has 0 radical (unpaired) electrons. The zero-order valence-corrected chi connectivity index (χ0v) is 18.9. The fourth-order valence-electron chi connectivity index (χ4n) is 4.08. The normalized spacial score (nSPS) is 18.1. The van der Waals surface area contributed by atoms with E-state index in [1.807, 2.05) is 13.8 Å². The Morgan fingerprint density at radius 1 is 1.00 bits per heavy atom. The molecule has 0 amide bonds. The summed E-state index contributed by atoms with van der Waals surface area (Å²) in [6.45, 7) is 6.99. The lowest BCUT2D eigenvalue weighted by Crippen LogP contribution is -2.37. The molecule has 1 unspecified atom stereocenters. The van der Waals surface area contributed by atoms with Crippen LogP contribution in [0.4, 0.5) is 0 Å². The first-order chi connectivity index (χ1) is 13.6. The topological polar surface area (TPSA) is 30.9 Å². The van der Waals surface area contributed by atoms with Crippen molar-refractivity contribution in [3.05, 3.63) is 59.2 Å². The second-order valence-electron chi connectivity index (χ2n) is 7.52. The first-order valence-corrected chi connectivity index (χ1v) is 10.4. The van der Waals surface area contributed by atoms with Gasteiger partial charge in [-0.05, 0) is 82.6 Å². The monoisotopic (exact) mass is 419 g/mol. The molecule has 2 aromatic carbocycles. The van der Waals surface area contributed by atoms with Crippen LogP contribution in [0.2, 0.25) is 0 Å². The average Bonchev–Trinajstić information content (AvgIpc) is 2.69. The molecule has 2 aromatic rings. The summed E-state index contributed by atoms with van der Waals surface area (Å²) in [6.07, 6.45) is 2.88. The second-order valence-corrected chi connectivity index (χ2v) is 7.52. The molecule has 1 aliphatic rings. The predicted molar refractivity (Wildman–Crippen MR) is 121 cm³/mol. The third-order valence-electron chi connectivity index (χ3n) is 5.30. The zero-order valence-electron chi connectivity index (χ0n) is 18.1. The van der Waals surface area contributed by atoms with E-state index in [0.717, 1.165) is 37.3 Å². The van der Waals surface area contributed by atoms with Gasteiger partial charge < -0.3 is 19.1 Å². The van der Waals surface area contributed by atoms with Gasteiger partial charge in [0.25, 0.3) is 0 Å². The van der Waals surface area contributed by atoms with E-state index in [-0.39, 0.29) is 12.4 Å². The maximum absolute atomic E-state index is 6.58. The molecule has 0 bridgehead atoms. The molecule has 4 nitrogen and oxygen atoms in total. The molecular formula is C24H34ClNO3. The van der Waals surface area contributed by atoms with Crippen molar-refractivity contribution in [3.63, 3.8) is 0 Å². The van der Waals surface area contributed by atoms with E-state index in [1.54, 1.807) is 0 Å². The predicted octanol–water partition coefficient (Wildman–Crippen LogP) is 5.06. The van der Waals surface area contributed by atoms with Gasteiger partial charge in [-0.25, -0.2) is 0 Å². The number of halogens is 1. The van der Waals surface area contributed by atoms with Gasteiger partial charge in [0, 0.05) is 0 Å². The third-order valence-corrected chi connectivity index (χ3v) is 5.30. The Hall–Kier alpha value is -1.75. The largest absolute Gasteiger partial charge is 0.490 e. The summed E-state index contributed by atoms with van der Waals surface area (Å²) in [6, 6.07) is 14.9. The highest BCUT2D eigenvalue weighted by Gasteiger charge is 2.40. The molecule has 0 saturated carbocycles. The minimum Gasteiger partial charge on any atom is -0.490 e. The molecule has 160 valence electrons. The van der Waals surface area contributed by atoms with Gasteiger partial charge in [-0.15, -0.1) is 12.4 Å². The molecule has 3 rings (SSSR count). The molecule has 0 aromatic heterocycles. The summed E-state index contributed by atoms with van der Waals surface area (Å²) >= 11 is 0. The smallest absolute Gasteiger partial charge is 0.161 e. The lowest BCUT2D eigenvalue weighted by molar-refractivity contribution is -0.0369. The number of nitrogens with zero attached hydrogens (tertiary/aromatic N) is 1. The van der Waals surface area contributed by atoms with Crippen molar-refractivity contribution in [1.82, 2.24) is 4.90 Å². The molecule has 0 spiro atoms. The molecule has 0 saturated heterocycles. The first-order valence-electron chi connectivity index (χ1n) is 10.4. The van der Waals surface area contributed by atoms with Gasteiger partial charge >= 0.3 is 0 Å². The number of rotatable bonds is 9. The molecule has 0 N–H and O–H groups in total. The van der Waals surface area contributed by atoms with Crippen LogP contribution in [0.15, 0.2) is 42.5 Å². The summed E-state index contributed by atoms with van der Waals surface area (Å²) in [5.41, 5.74) is 3.28. The Morgan fingerprint density at radius 3 is 2.28 bits per heavy atom. The summed E-state index contributed by atoms with van der Waals surface area (Å²) < 4.78 is 18.4. The maximum Gasteiger partial charge on any atom is 0.161 e. The Kier molecular flexibility index (Phi) is 8.81. The summed E-state index contributed by atoms with van der Waals surface area (Å²) in [4.78, 5) is 2.23. The SMILES string of the molecule is CCOc1cc2c(cc1OCC)C(CCCN(C)C)(c1ccccc1)OCC2.Cl. The Bertz CT molecular complexity index is 766. The van der Waals surface area contributed by atoms with Gasteiger partial charge in [0.1, 0.15) is 5.60 Å². The van der Waals surface area contributed by atoms with Crippen molar-refractivity contribution in [3.8, 4) is 11.5 Å². The minimum atomic E-state index is -0.443. The van der Waals surface area contributed by atoms with E-state index in [4.69, 9.17) is 14.2 Å². The molecule has 29 heavy (non-hydrogen) atoms. The van der Waals surface area contributed by atoms with E-state index in [1.165, 1.54) is 16.7 Å². The number of benzene rings is 2. The van der Waals surface area contributed by atoms with Crippen molar-refractivity contribution < 1.29 is 14.2 Å². The van der Waals surface area contributed by atoms with Gasteiger partial charge in [-0.1, -0.05) is 30.3 Å². The molecule has 1 atom stereocenters. The van der Waals surface area contributed by atoms with Gasteiger partial charge in [0.05, 0.1) is 19.8 Å². The lowest BCUT2D eigenvalue weighted by atomic mass is 9.77.